The molecule has 1 heteroatoms. The summed E-state index contributed by atoms with van der Waals surface area (Å²) in [5, 5.41) is 0. The monoisotopic (exact) mass is 262 g/mol. The molecule has 1 heterocycles. The number of furan rings is 1. The number of hydrogen-bond acceptors (Lipinski definition) is 1. The zero-order chi connectivity index (χ0) is 13.9. The Labute approximate surface area is 119 Å². The standard InChI is InChI=1S/C19H18O/c1-14-8-10-16(11-9-14)12-19-15(2)18(13-20-19)17-6-4-3-5-7-17/h3-11,13H,12H2,1-2H3. The van der Waals surface area contributed by atoms with Crippen LogP contribution in [0.15, 0.2) is 65.3 Å². The lowest BCUT2D eigenvalue weighted by Crippen LogP contribution is -1.89. The van der Waals surface area contributed by atoms with Crippen LogP contribution in [-0.4, -0.2) is 0 Å². The second-order valence-corrected chi connectivity index (χ2v) is 5.23. The Bertz CT molecular complexity index is 690. The van der Waals surface area contributed by atoms with Gasteiger partial charge in [-0.15, -0.1) is 0 Å². The fraction of sp³-hybridized carbons (Fsp3) is 0.158. The van der Waals surface area contributed by atoms with E-state index in [1.165, 1.54) is 27.8 Å². The predicted octanol–water partition coefficient (Wildman–Crippen LogP) is 5.15. The molecule has 0 atom stereocenters. The van der Waals surface area contributed by atoms with E-state index in [0.29, 0.717) is 0 Å². The van der Waals surface area contributed by atoms with Crippen LogP contribution < -0.4 is 0 Å². The van der Waals surface area contributed by atoms with Crippen LogP contribution in [0.3, 0.4) is 0 Å². The van der Waals surface area contributed by atoms with Crippen LogP contribution in [0.1, 0.15) is 22.5 Å². The largest absolute Gasteiger partial charge is 0.468 e. The Balaban J connectivity index is 1.89. The van der Waals surface area contributed by atoms with Crippen molar-refractivity contribution in [2.75, 3.05) is 0 Å². The van der Waals surface area contributed by atoms with Crippen molar-refractivity contribution in [2.24, 2.45) is 0 Å². The lowest BCUT2D eigenvalue weighted by molar-refractivity contribution is 0.518. The van der Waals surface area contributed by atoms with Gasteiger partial charge in [0, 0.05) is 12.0 Å². The van der Waals surface area contributed by atoms with E-state index in [9.17, 15) is 0 Å². The zero-order valence-corrected chi connectivity index (χ0v) is 11.9. The van der Waals surface area contributed by atoms with Crippen molar-refractivity contribution in [1.82, 2.24) is 0 Å². The zero-order valence-electron chi connectivity index (χ0n) is 11.9. The molecule has 0 spiro atoms. The smallest absolute Gasteiger partial charge is 0.111 e. The Morgan fingerprint density at radius 2 is 1.55 bits per heavy atom. The van der Waals surface area contributed by atoms with E-state index < -0.39 is 0 Å². The van der Waals surface area contributed by atoms with Crippen molar-refractivity contribution < 1.29 is 4.42 Å². The molecule has 0 aliphatic carbocycles. The summed E-state index contributed by atoms with van der Waals surface area (Å²) in [7, 11) is 0. The number of benzene rings is 2. The molecule has 0 unspecified atom stereocenters. The van der Waals surface area contributed by atoms with E-state index in [0.717, 1.165) is 12.2 Å². The lowest BCUT2D eigenvalue weighted by Gasteiger charge is -2.02. The van der Waals surface area contributed by atoms with Crippen molar-refractivity contribution in [3.63, 3.8) is 0 Å². The highest BCUT2D eigenvalue weighted by molar-refractivity contribution is 5.67. The molecule has 3 rings (SSSR count). The van der Waals surface area contributed by atoms with E-state index in [1.807, 2.05) is 12.3 Å². The summed E-state index contributed by atoms with van der Waals surface area (Å²) in [5.41, 5.74) is 6.20. The summed E-state index contributed by atoms with van der Waals surface area (Å²) >= 11 is 0. The molecule has 0 saturated carbocycles. The minimum atomic E-state index is 0.846. The molecule has 0 fully saturated rings. The molecule has 0 radical (unpaired) electrons. The summed E-state index contributed by atoms with van der Waals surface area (Å²) in [6.07, 6.45) is 2.72. The quantitative estimate of drug-likeness (QED) is 0.636. The van der Waals surface area contributed by atoms with Crippen molar-refractivity contribution in [1.29, 1.82) is 0 Å². The Kier molecular flexibility index (Phi) is 3.42. The second kappa shape index (κ2) is 5.38. The maximum Gasteiger partial charge on any atom is 0.111 e. The van der Waals surface area contributed by atoms with Gasteiger partial charge in [0.1, 0.15) is 5.76 Å². The van der Waals surface area contributed by atoms with Gasteiger partial charge in [0.15, 0.2) is 0 Å². The maximum atomic E-state index is 5.78. The van der Waals surface area contributed by atoms with Crippen LogP contribution in [0.25, 0.3) is 11.1 Å². The Morgan fingerprint density at radius 3 is 2.25 bits per heavy atom. The average molecular weight is 262 g/mol. The molecule has 0 amide bonds. The summed E-state index contributed by atoms with van der Waals surface area (Å²) in [6.45, 7) is 4.24. The number of hydrogen-bond donors (Lipinski definition) is 0. The molecule has 2 aromatic carbocycles. The fourth-order valence-corrected chi connectivity index (χ4v) is 2.42. The Morgan fingerprint density at radius 1 is 0.850 bits per heavy atom. The van der Waals surface area contributed by atoms with Gasteiger partial charge in [-0.1, -0.05) is 60.2 Å². The number of rotatable bonds is 3. The lowest BCUT2D eigenvalue weighted by atomic mass is 10.0. The highest BCUT2D eigenvalue weighted by Gasteiger charge is 2.11. The summed E-state index contributed by atoms with van der Waals surface area (Å²) in [4.78, 5) is 0. The molecule has 3 aromatic rings. The fourth-order valence-electron chi connectivity index (χ4n) is 2.42. The maximum absolute atomic E-state index is 5.78. The van der Waals surface area contributed by atoms with Gasteiger partial charge < -0.3 is 4.42 Å². The van der Waals surface area contributed by atoms with Crippen LogP contribution >= 0.6 is 0 Å². The first kappa shape index (κ1) is 12.7. The number of aryl methyl sites for hydroxylation is 1. The molecule has 1 aromatic heterocycles. The summed E-state index contributed by atoms with van der Waals surface area (Å²) in [6, 6.07) is 19.0. The molecular formula is C19H18O. The Hall–Kier alpha value is -2.28. The van der Waals surface area contributed by atoms with E-state index in [1.54, 1.807) is 0 Å². The van der Waals surface area contributed by atoms with Gasteiger partial charge in [-0.2, -0.15) is 0 Å². The van der Waals surface area contributed by atoms with Crippen LogP contribution in [0.4, 0.5) is 0 Å². The van der Waals surface area contributed by atoms with Gasteiger partial charge in [-0.3, -0.25) is 0 Å². The van der Waals surface area contributed by atoms with Crippen LogP contribution in [0, 0.1) is 13.8 Å². The van der Waals surface area contributed by atoms with Gasteiger partial charge in [0.05, 0.1) is 6.26 Å². The third kappa shape index (κ3) is 2.53. The molecule has 1 nitrogen and oxygen atoms in total. The van der Waals surface area contributed by atoms with E-state index >= 15 is 0 Å². The first-order valence-electron chi connectivity index (χ1n) is 6.92. The molecule has 0 aliphatic heterocycles. The third-order valence-corrected chi connectivity index (χ3v) is 3.71. The minimum absolute atomic E-state index is 0.846. The molecule has 0 aliphatic rings. The van der Waals surface area contributed by atoms with E-state index in [4.69, 9.17) is 4.42 Å². The molecule has 0 bridgehead atoms. The molecule has 0 N–H and O–H groups in total. The van der Waals surface area contributed by atoms with Crippen LogP contribution in [0.2, 0.25) is 0 Å². The first-order valence-corrected chi connectivity index (χ1v) is 6.92. The highest BCUT2D eigenvalue weighted by atomic mass is 16.3. The SMILES string of the molecule is Cc1ccc(Cc2occ(-c3ccccc3)c2C)cc1. The molecule has 100 valence electrons. The molecular weight excluding hydrogens is 244 g/mol. The third-order valence-electron chi connectivity index (χ3n) is 3.71. The van der Waals surface area contributed by atoms with Crippen LogP contribution in [0.5, 0.6) is 0 Å². The van der Waals surface area contributed by atoms with Crippen molar-refractivity contribution in [2.45, 2.75) is 20.3 Å². The minimum Gasteiger partial charge on any atom is -0.468 e. The molecule has 0 saturated heterocycles. The van der Waals surface area contributed by atoms with Crippen molar-refractivity contribution >= 4 is 0 Å². The topological polar surface area (TPSA) is 13.1 Å². The van der Waals surface area contributed by atoms with Crippen molar-refractivity contribution in [3.8, 4) is 11.1 Å². The summed E-state index contributed by atoms with van der Waals surface area (Å²) in [5.74, 6) is 1.05. The summed E-state index contributed by atoms with van der Waals surface area (Å²) < 4.78 is 5.78. The van der Waals surface area contributed by atoms with Gasteiger partial charge in [-0.05, 0) is 30.5 Å². The van der Waals surface area contributed by atoms with Gasteiger partial charge in [0.25, 0.3) is 0 Å². The van der Waals surface area contributed by atoms with Gasteiger partial charge in [-0.25, -0.2) is 0 Å². The van der Waals surface area contributed by atoms with Crippen molar-refractivity contribution in [3.05, 3.63) is 83.3 Å². The van der Waals surface area contributed by atoms with Crippen LogP contribution in [-0.2, 0) is 6.42 Å². The van der Waals surface area contributed by atoms with Gasteiger partial charge in [0.2, 0.25) is 0 Å². The molecule has 20 heavy (non-hydrogen) atoms. The second-order valence-electron chi connectivity index (χ2n) is 5.23. The first-order chi connectivity index (χ1) is 9.74. The van der Waals surface area contributed by atoms with Gasteiger partial charge >= 0.3 is 0 Å². The predicted molar refractivity (Wildman–Crippen MR) is 82.9 cm³/mol. The normalized spacial score (nSPS) is 10.7. The van der Waals surface area contributed by atoms with E-state index in [2.05, 4.69) is 62.4 Å². The average Bonchev–Trinajstić information content (AvgIpc) is 2.84. The van der Waals surface area contributed by atoms with E-state index in [-0.39, 0.29) is 0 Å². The highest BCUT2D eigenvalue weighted by Crippen LogP contribution is 2.28.